The van der Waals surface area contributed by atoms with Gasteiger partial charge in [-0.15, -0.1) is 11.3 Å². The molecule has 4 aromatic rings. The summed E-state index contributed by atoms with van der Waals surface area (Å²) < 4.78 is 14.3. The minimum atomic E-state index is -1.09. The monoisotopic (exact) mass is 993 g/mol. The van der Waals surface area contributed by atoms with Crippen molar-refractivity contribution in [3.05, 3.63) is 70.3 Å². The second-order valence-electron chi connectivity index (χ2n) is 20.9. The van der Waals surface area contributed by atoms with E-state index < -0.39 is 41.3 Å². The number of nitrogens with one attached hydrogen (secondary N) is 2. The predicted molar refractivity (Wildman–Crippen MR) is 274 cm³/mol. The average Bonchev–Trinajstić information content (AvgIpc) is 4.07. The number of hydrogen-bond acceptors (Lipinski definition) is 12. The van der Waals surface area contributed by atoms with Crippen molar-refractivity contribution in [2.75, 3.05) is 61.0 Å². The number of thiazole rings is 1. The fraction of sp³-hybridized carbons (Fsp3) is 0.566. The van der Waals surface area contributed by atoms with Gasteiger partial charge in [-0.25, -0.2) is 15.2 Å². The number of likely N-dealkylation sites (N-methyl/N-ethyl adjacent to an activating group) is 3. The number of carbonyl (C=O) groups excluding carboxylic acids is 5. The molecule has 3 fully saturated rings. The van der Waals surface area contributed by atoms with E-state index in [9.17, 15) is 24.0 Å². The largest absolute Gasteiger partial charge is 0.464 e. The maximum Gasteiger partial charge on any atom is 0.324 e. The molecule has 5 atom stereocenters. The molecule has 4 aliphatic heterocycles. The molecule has 8 rings (SSSR count). The summed E-state index contributed by atoms with van der Waals surface area (Å²) in [5, 5.41) is 8.13. The summed E-state index contributed by atoms with van der Waals surface area (Å²) in [5.41, 5.74) is 9.27. The van der Waals surface area contributed by atoms with Crippen molar-refractivity contribution in [2.24, 2.45) is 11.3 Å². The highest BCUT2D eigenvalue weighted by molar-refractivity contribution is 7.10. The first kappa shape index (κ1) is 51.7. The number of benzene rings is 1. The van der Waals surface area contributed by atoms with Gasteiger partial charge >= 0.3 is 12.0 Å². The third-order valence-corrected chi connectivity index (χ3v) is 15.7. The predicted octanol–water partition coefficient (Wildman–Crippen LogP) is 6.07. The van der Waals surface area contributed by atoms with Gasteiger partial charge in [0, 0.05) is 105 Å². The van der Waals surface area contributed by atoms with Crippen molar-refractivity contribution in [2.45, 2.75) is 123 Å². The molecular formula is C53H72N10O7S. The van der Waals surface area contributed by atoms with Crippen LogP contribution in [0.5, 0.6) is 0 Å². The van der Waals surface area contributed by atoms with Gasteiger partial charge in [0.05, 0.1) is 40.8 Å². The highest BCUT2D eigenvalue weighted by Gasteiger charge is 2.41. The number of esters is 1. The topological polar surface area (TPSA) is 175 Å². The van der Waals surface area contributed by atoms with Crippen LogP contribution in [0.1, 0.15) is 89.6 Å². The van der Waals surface area contributed by atoms with Crippen LogP contribution < -0.4 is 10.7 Å². The average molecular weight is 993 g/mol. The van der Waals surface area contributed by atoms with Crippen LogP contribution >= 0.6 is 11.3 Å². The first-order valence-corrected chi connectivity index (χ1v) is 26.1. The van der Waals surface area contributed by atoms with E-state index >= 15 is 0 Å². The van der Waals surface area contributed by atoms with Gasteiger partial charge in [0.1, 0.15) is 18.1 Å². The van der Waals surface area contributed by atoms with E-state index in [4.69, 9.17) is 19.4 Å². The molecule has 0 radical (unpaired) electrons. The SMILES string of the molecule is CCn1c(-c2cccnc2[C@H](C)OC)c2c3cc(ccc31)-c1csc(n1)C[C@H](NC(=O)[C@H](C(C)C)N(C)C(=O)N(C)C1CN(C(=O)/C=C/[C@H]3CCCN3C)C1)C(=O)N1CCC[C@H](N1)C(=O)OCC(C)(C)C2. The van der Waals surface area contributed by atoms with Gasteiger partial charge in [-0.05, 0) is 95.3 Å². The number of hydrazine groups is 1. The van der Waals surface area contributed by atoms with Crippen molar-refractivity contribution in [3.63, 3.8) is 0 Å². The summed E-state index contributed by atoms with van der Waals surface area (Å²) in [6.45, 7) is 15.0. The van der Waals surface area contributed by atoms with Crippen LogP contribution in [0, 0.1) is 11.3 Å². The van der Waals surface area contributed by atoms with Crippen LogP contribution in [0.3, 0.4) is 0 Å². The van der Waals surface area contributed by atoms with Crippen molar-refractivity contribution >= 4 is 52.0 Å². The number of aromatic nitrogens is 3. The molecule has 5 amide bonds. The Labute approximate surface area is 421 Å². The summed E-state index contributed by atoms with van der Waals surface area (Å²) >= 11 is 1.41. The molecule has 7 heterocycles. The molecule has 0 saturated carbocycles. The first-order chi connectivity index (χ1) is 33.9. The maximum absolute atomic E-state index is 14.7. The molecule has 4 aliphatic rings. The number of fused-ring (bicyclic) bond motifs is 6. The number of rotatable bonds is 11. The van der Waals surface area contributed by atoms with Gasteiger partial charge in [-0.1, -0.05) is 39.8 Å². The summed E-state index contributed by atoms with van der Waals surface area (Å²) in [6, 6.07) is 7.27. The normalized spacial score (nSPS) is 22.0. The molecule has 71 heavy (non-hydrogen) atoms. The third-order valence-electron chi connectivity index (χ3n) is 14.8. The van der Waals surface area contributed by atoms with Crippen LogP contribution in [0.15, 0.2) is 54.1 Å². The van der Waals surface area contributed by atoms with E-state index in [1.54, 1.807) is 43.3 Å². The Morgan fingerprint density at radius 1 is 1.08 bits per heavy atom. The number of pyridine rings is 1. The molecule has 0 unspecified atom stereocenters. The lowest BCUT2D eigenvalue weighted by molar-refractivity contribution is -0.155. The number of urea groups is 1. The second kappa shape index (κ2) is 21.6. The summed E-state index contributed by atoms with van der Waals surface area (Å²) in [7, 11) is 7.04. The minimum Gasteiger partial charge on any atom is -0.464 e. The lowest BCUT2D eigenvalue weighted by atomic mass is 9.84. The molecular weight excluding hydrogens is 921 g/mol. The number of aryl methyl sites for hydroxylation is 1. The molecule has 17 nitrogen and oxygen atoms in total. The van der Waals surface area contributed by atoms with Crippen LogP contribution in [0.2, 0.25) is 0 Å². The van der Waals surface area contributed by atoms with E-state index in [2.05, 4.69) is 72.3 Å². The number of hydrogen-bond donors (Lipinski definition) is 2. The van der Waals surface area contributed by atoms with Crippen molar-refractivity contribution in [3.8, 4) is 22.5 Å². The van der Waals surface area contributed by atoms with Gasteiger partial charge in [0.2, 0.25) is 11.8 Å². The molecule has 18 heteroatoms. The number of ether oxygens (including phenoxy) is 2. The van der Waals surface area contributed by atoms with Crippen LogP contribution in [-0.2, 0) is 48.0 Å². The van der Waals surface area contributed by atoms with E-state index in [1.165, 1.54) is 21.2 Å². The van der Waals surface area contributed by atoms with E-state index in [0.29, 0.717) is 50.4 Å². The lowest BCUT2D eigenvalue weighted by Crippen LogP contribution is -2.65. The maximum atomic E-state index is 14.7. The smallest absolute Gasteiger partial charge is 0.324 e. The van der Waals surface area contributed by atoms with E-state index in [-0.39, 0.29) is 49.1 Å². The third kappa shape index (κ3) is 10.9. The van der Waals surface area contributed by atoms with Gasteiger partial charge in [-0.2, -0.15) is 0 Å². The molecule has 0 spiro atoms. The van der Waals surface area contributed by atoms with E-state index in [1.807, 2.05) is 38.3 Å². The molecule has 382 valence electrons. The summed E-state index contributed by atoms with van der Waals surface area (Å²) in [5.74, 6) is -1.78. The fourth-order valence-electron chi connectivity index (χ4n) is 10.6. The molecule has 1 aromatic carbocycles. The van der Waals surface area contributed by atoms with Crippen molar-refractivity contribution in [1.29, 1.82) is 0 Å². The Hall–Kier alpha value is -5.69. The molecule has 6 bridgehead atoms. The lowest BCUT2D eigenvalue weighted by Gasteiger charge is -2.45. The second-order valence-corrected chi connectivity index (χ2v) is 21.9. The zero-order valence-electron chi connectivity index (χ0n) is 43.1. The Balaban J connectivity index is 1.08. The molecule has 3 saturated heterocycles. The Morgan fingerprint density at radius 2 is 1.85 bits per heavy atom. The number of carbonyl (C=O) groups is 5. The van der Waals surface area contributed by atoms with Gasteiger partial charge < -0.3 is 34.1 Å². The van der Waals surface area contributed by atoms with Gasteiger partial charge in [0.25, 0.3) is 5.91 Å². The standard InChI is InChI=1S/C53H72N10O7S/c1-11-62-43-20-18-34-25-38(43)39(48(62)37-16-12-22-54-46(37)33(4)69-10)27-53(5,6)31-70-51(67)40-17-14-24-63(57-40)50(66)41(26-44-55-42(34)30-71-44)56-49(65)47(32(2)3)60(9)52(68)59(8)36-28-61(29-36)45(64)21-19-35-15-13-23-58(35)7/h12,16,18-22,25,30,32-33,35-36,40-41,47,57H,11,13-15,17,23-24,26-29,31H2,1-10H3,(H,56,65)/b21-19+/t33-,35+,40-,41-,47-/m0/s1. The summed E-state index contributed by atoms with van der Waals surface area (Å²) in [6.07, 6.45) is 8.93. The Morgan fingerprint density at radius 3 is 2.55 bits per heavy atom. The van der Waals surface area contributed by atoms with Crippen LogP contribution in [0.25, 0.3) is 33.4 Å². The van der Waals surface area contributed by atoms with E-state index in [0.717, 1.165) is 64.1 Å². The minimum absolute atomic E-state index is 0.0713. The zero-order valence-corrected chi connectivity index (χ0v) is 43.9. The first-order valence-electron chi connectivity index (χ1n) is 25.2. The zero-order chi connectivity index (χ0) is 50.9. The van der Waals surface area contributed by atoms with Crippen LogP contribution in [0.4, 0.5) is 4.79 Å². The molecule has 0 aliphatic carbocycles. The highest BCUT2D eigenvalue weighted by Crippen LogP contribution is 2.42. The van der Waals surface area contributed by atoms with Gasteiger partial charge in [-0.3, -0.25) is 34.1 Å². The van der Waals surface area contributed by atoms with Gasteiger partial charge in [0.15, 0.2) is 0 Å². The van der Waals surface area contributed by atoms with Crippen molar-refractivity contribution < 1.29 is 33.4 Å². The quantitative estimate of drug-likeness (QED) is 0.132. The summed E-state index contributed by atoms with van der Waals surface area (Å²) in [4.78, 5) is 87.2. The number of amides is 5. The molecule has 3 aromatic heterocycles. The number of nitrogens with zero attached hydrogens (tertiary/aromatic N) is 8. The molecule has 2 N–H and O–H groups in total. The number of likely N-dealkylation sites (tertiary alicyclic amines) is 2. The Bertz CT molecular complexity index is 2660. The number of cyclic esters (lactones) is 1. The number of methoxy groups -OCH3 is 1. The highest BCUT2D eigenvalue weighted by atomic mass is 32.1. The Kier molecular flexibility index (Phi) is 15.7. The van der Waals surface area contributed by atoms with Crippen LogP contribution in [-0.4, -0.2) is 160 Å². The van der Waals surface area contributed by atoms with Crippen molar-refractivity contribution in [1.82, 2.24) is 49.9 Å². The fourth-order valence-corrected chi connectivity index (χ4v) is 11.5.